The van der Waals surface area contributed by atoms with Crippen LogP contribution in [0.3, 0.4) is 0 Å². The average molecular weight is 426 g/mol. The average Bonchev–Trinajstić information content (AvgIpc) is 3.40. The molecule has 2 heterocycles. The Kier molecular flexibility index (Phi) is 7.41. The van der Waals surface area contributed by atoms with Crippen LogP contribution in [0.4, 0.5) is 5.13 Å². The third kappa shape index (κ3) is 5.57. The number of nitrogens with one attached hydrogen (secondary N) is 1. The van der Waals surface area contributed by atoms with Gasteiger partial charge in [0, 0.05) is 17.3 Å². The molecule has 0 aliphatic heterocycles. The van der Waals surface area contributed by atoms with Crippen molar-refractivity contribution in [3.05, 3.63) is 71.0 Å². The normalized spacial score (nSPS) is 12.0. The van der Waals surface area contributed by atoms with Crippen LogP contribution in [-0.2, 0) is 22.4 Å². The van der Waals surface area contributed by atoms with Crippen molar-refractivity contribution < 1.29 is 14.3 Å². The van der Waals surface area contributed by atoms with Crippen molar-refractivity contribution in [3.8, 4) is 0 Å². The van der Waals surface area contributed by atoms with Gasteiger partial charge in [-0.3, -0.25) is 4.79 Å². The van der Waals surface area contributed by atoms with Crippen LogP contribution in [-0.4, -0.2) is 28.5 Å². The van der Waals surface area contributed by atoms with Crippen molar-refractivity contribution >= 4 is 28.3 Å². The largest absolute Gasteiger partial charge is 0.464 e. The van der Waals surface area contributed by atoms with Crippen molar-refractivity contribution in [2.24, 2.45) is 5.92 Å². The summed E-state index contributed by atoms with van der Waals surface area (Å²) in [5.74, 6) is -0.273. The number of aryl methyl sites for hydroxylation is 2. The number of benzene rings is 1. The van der Waals surface area contributed by atoms with Gasteiger partial charge in [-0.05, 0) is 42.9 Å². The molecule has 0 fully saturated rings. The molecule has 0 aliphatic rings. The van der Waals surface area contributed by atoms with Gasteiger partial charge in [-0.2, -0.15) is 0 Å². The van der Waals surface area contributed by atoms with Gasteiger partial charge in [-0.25, -0.2) is 9.78 Å². The first-order chi connectivity index (χ1) is 14.5. The molecule has 2 aromatic heterocycles. The standard InChI is InChI=1S/C23H27N3O3S/c1-16(2)15-18(26-13-7-8-14-26)21(27)25-23-24-20(22(28)29-3)19(30-23)12-11-17-9-5-4-6-10-17/h4-10,13-14,16,18H,11-12,15H2,1-3H3,(H,24,25,27)/t18-/m0/s1. The lowest BCUT2D eigenvalue weighted by Gasteiger charge is -2.19. The highest BCUT2D eigenvalue weighted by molar-refractivity contribution is 7.16. The zero-order chi connectivity index (χ0) is 21.5. The Morgan fingerprint density at radius 1 is 1.10 bits per heavy atom. The number of esters is 1. The molecule has 0 spiro atoms. The van der Waals surface area contributed by atoms with Gasteiger partial charge < -0.3 is 14.6 Å². The second-order valence-electron chi connectivity index (χ2n) is 7.53. The number of thiazole rings is 1. The van der Waals surface area contributed by atoms with Gasteiger partial charge in [0.1, 0.15) is 6.04 Å². The highest BCUT2D eigenvalue weighted by atomic mass is 32.1. The van der Waals surface area contributed by atoms with Gasteiger partial charge in [0.05, 0.1) is 7.11 Å². The Balaban J connectivity index is 1.78. The fourth-order valence-corrected chi connectivity index (χ4v) is 4.24. The molecule has 0 unspecified atom stereocenters. The van der Waals surface area contributed by atoms with Crippen LogP contribution in [0.2, 0.25) is 0 Å². The predicted octanol–water partition coefficient (Wildman–Crippen LogP) is 4.74. The zero-order valence-electron chi connectivity index (χ0n) is 17.5. The number of amides is 1. The summed E-state index contributed by atoms with van der Waals surface area (Å²) in [5, 5.41) is 3.33. The minimum absolute atomic E-state index is 0.139. The fraction of sp³-hybridized carbons (Fsp3) is 0.348. The molecule has 30 heavy (non-hydrogen) atoms. The smallest absolute Gasteiger partial charge is 0.357 e. The lowest BCUT2D eigenvalue weighted by Crippen LogP contribution is -2.26. The number of carbonyl (C=O) groups is 2. The Labute approximate surface area is 180 Å². The summed E-state index contributed by atoms with van der Waals surface area (Å²) in [6.45, 7) is 4.18. The molecule has 0 aliphatic carbocycles. The first kappa shape index (κ1) is 21.8. The van der Waals surface area contributed by atoms with E-state index >= 15 is 0 Å². The van der Waals surface area contributed by atoms with Gasteiger partial charge in [-0.15, -0.1) is 11.3 Å². The molecule has 158 valence electrons. The highest BCUT2D eigenvalue weighted by Gasteiger charge is 2.24. The fourth-order valence-electron chi connectivity index (χ4n) is 3.29. The molecular formula is C23H27N3O3S. The van der Waals surface area contributed by atoms with Crippen LogP contribution in [0.5, 0.6) is 0 Å². The van der Waals surface area contributed by atoms with Gasteiger partial charge >= 0.3 is 5.97 Å². The van der Waals surface area contributed by atoms with E-state index in [1.54, 1.807) is 0 Å². The number of rotatable bonds is 9. The van der Waals surface area contributed by atoms with Gasteiger partial charge in [0.2, 0.25) is 5.91 Å². The van der Waals surface area contributed by atoms with Gasteiger partial charge in [0.15, 0.2) is 10.8 Å². The second kappa shape index (κ2) is 10.2. The Morgan fingerprint density at radius 2 is 1.80 bits per heavy atom. The molecule has 3 rings (SSSR count). The van der Waals surface area contributed by atoms with Crippen LogP contribution >= 0.6 is 11.3 Å². The monoisotopic (exact) mass is 425 g/mol. The Hall–Kier alpha value is -2.93. The van der Waals surface area contributed by atoms with E-state index in [1.165, 1.54) is 24.0 Å². The summed E-state index contributed by atoms with van der Waals surface area (Å²) in [5.41, 5.74) is 1.45. The van der Waals surface area contributed by atoms with Crippen LogP contribution in [0, 0.1) is 5.92 Å². The van der Waals surface area contributed by atoms with Crippen molar-refractivity contribution in [1.82, 2.24) is 9.55 Å². The predicted molar refractivity (Wildman–Crippen MR) is 119 cm³/mol. The minimum Gasteiger partial charge on any atom is -0.464 e. The summed E-state index contributed by atoms with van der Waals surface area (Å²) in [4.78, 5) is 30.4. The molecule has 0 bridgehead atoms. The first-order valence-electron chi connectivity index (χ1n) is 10.0. The van der Waals surface area contributed by atoms with Crippen LogP contribution in [0.1, 0.15) is 47.2 Å². The van der Waals surface area contributed by atoms with Crippen LogP contribution < -0.4 is 5.32 Å². The maximum atomic E-state index is 13.0. The number of nitrogens with zero attached hydrogens (tertiary/aromatic N) is 2. The van der Waals surface area contributed by atoms with E-state index in [-0.39, 0.29) is 17.6 Å². The number of hydrogen-bond donors (Lipinski definition) is 1. The zero-order valence-corrected chi connectivity index (χ0v) is 18.3. The van der Waals surface area contributed by atoms with Crippen molar-refractivity contribution in [3.63, 3.8) is 0 Å². The number of anilines is 1. The summed E-state index contributed by atoms with van der Waals surface area (Å²) in [7, 11) is 1.34. The van der Waals surface area contributed by atoms with E-state index < -0.39 is 5.97 Å². The molecule has 1 amide bonds. The lowest BCUT2D eigenvalue weighted by atomic mass is 10.0. The maximum Gasteiger partial charge on any atom is 0.357 e. The lowest BCUT2D eigenvalue weighted by molar-refractivity contribution is -0.119. The highest BCUT2D eigenvalue weighted by Crippen LogP contribution is 2.27. The quantitative estimate of drug-likeness (QED) is 0.503. The molecule has 0 saturated carbocycles. The molecule has 0 saturated heterocycles. The molecule has 3 aromatic rings. The number of carbonyl (C=O) groups excluding carboxylic acids is 2. The Bertz CT molecular complexity index is 965. The molecule has 0 radical (unpaired) electrons. The molecule has 1 N–H and O–H groups in total. The third-order valence-electron chi connectivity index (χ3n) is 4.77. The number of hydrogen-bond acceptors (Lipinski definition) is 5. The van der Waals surface area contributed by atoms with E-state index in [1.807, 2.05) is 47.3 Å². The summed E-state index contributed by atoms with van der Waals surface area (Å²) in [6.07, 6.45) is 5.91. The number of methoxy groups -OCH3 is 1. The first-order valence-corrected chi connectivity index (χ1v) is 10.8. The van der Waals surface area contributed by atoms with E-state index in [0.717, 1.165) is 11.3 Å². The molecular weight excluding hydrogens is 398 g/mol. The van der Waals surface area contributed by atoms with Gasteiger partial charge in [-0.1, -0.05) is 44.2 Å². The number of ether oxygens (including phenoxy) is 1. The SMILES string of the molecule is COC(=O)c1nc(NC(=O)[C@H](CC(C)C)n2cccc2)sc1CCc1ccccc1. The van der Waals surface area contributed by atoms with Crippen LogP contribution in [0.15, 0.2) is 54.9 Å². The van der Waals surface area contributed by atoms with E-state index in [2.05, 4.69) is 36.3 Å². The number of aromatic nitrogens is 2. The van der Waals surface area contributed by atoms with Crippen molar-refractivity contribution in [2.45, 2.75) is 39.2 Å². The third-order valence-corrected chi connectivity index (χ3v) is 5.81. The maximum absolute atomic E-state index is 13.0. The van der Waals surface area contributed by atoms with Crippen LogP contribution in [0.25, 0.3) is 0 Å². The molecule has 6 nitrogen and oxygen atoms in total. The topological polar surface area (TPSA) is 73.2 Å². The van der Waals surface area contributed by atoms with Crippen molar-refractivity contribution in [1.29, 1.82) is 0 Å². The minimum atomic E-state index is -0.487. The van der Waals surface area contributed by atoms with Crippen molar-refractivity contribution in [2.75, 3.05) is 12.4 Å². The molecule has 1 aromatic carbocycles. The van der Waals surface area contributed by atoms with Gasteiger partial charge in [0.25, 0.3) is 0 Å². The van der Waals surface area contributed by atoms with E-state index in [9.17, 15) is 9.59 Å². The molecule has 1 atom stereocenters. The summed E-state index contributed by atoms with van der Waals surface area (Å²) in [6, 6.07) is 13.5. The second-order valence-corrected chi connectivity index (χ2v) is 8.62. The molecule has 7 heteroatoms. The summed E-state index contributed by atoms with van der Waals surface area (Å²) < 4.78 is 6.80. The summed E-state index contributed by atoms with van der Waals surface area (Å²) >= 11 is 1.33. The Morgan fingerprint density at radius 3 is 2.43 bits per heavy atom. The van der Waals surface area contributed by atoms with E-state index in [4.69, 9.17) is 4.74 Å². The van der Waals surface area contributed by atoms with E-state index in [0.29, 0.717) is 23.9 Å².